The molecule has 29 heavy (non-hydrogen) atoms. The van der Waals surface area contributed by atoms with Crippen LogP contribution in [0.2, 0.25) is 0 Å². The smallest absolute Gasteiger partial charge is 0.289 e. The molecule has 0 bridgehead atoms. The summed E-state index contributed by atoms with van der Waals surface area (Å²) in [4.78, 5) is 22.5. The summed E-state index contributed by atoms with van der Waals surface area (Å²) in [5, 5.41) is 21.4. The van der Waals surface area contributed by atoms with Crippen LogP contribution in [0.25, 0.3) is 11.3 Å². The highest BCUT2D eigenvalue weighted by Crippen LogP contribution is 2.21. The van der Waals surface area contributed by atoms with Crippen LogP contribution >= 0.6 is 0 Å². The van der Waals surface area contributed by atoms with E-state index in [9.17, 15) is 14.9 Å². The molecule has 2 N–H and O–H groups in total. The quantitative estimate of drug-likeness (QED) is 0.344. The Labute approximate surface area is 166 Å². The van der Waals surface area contributed by atoms with Crippen LogP contribution in [0.3, 0.4) is 0 Å². The highest BCUT2D eigenvalue weighted by atomic mass is 16.6. The molecule has 0 spiro atoms. The molecule has 0 aliphatic rings. The molecule has 9 nitrogen and oxygen atoms in total. The van der Waals surface area contributed by atoms with Crippen LogP contribution in [-0.4, -0.2) is 33.8 Å². The number of nitro benzene ring substituents is 1. The van der Waals surface area contributed by atoms with Crippen LogP contribution in [0.5, 0.6) is 5.75 Å². The molecule has 0 saturated heterocycles. The zero-order chi connectivity index (χ0) is 20.6. The van der Waals surface area contributed by atoms with Crippen molar-refractivity contribution in [1.29, 1.82) is 0 Å². The van der Waals surface area contributed by atoms with Crippen molar-refractivity contribution >= 4 is 17.8 Å². The number of carbonyl (C=O) groups is 1. The predicted molar refractivity (Wildman–Crippen MR) is 108 cm³/mol. The molecule has 1 amide bonds. The zero-order valence-electron chi connectivity index (χ0n) is 15.7. The summed E-state index contributed by atoms with van der Waals surface area (Å²) < 4.78 is 5.55. The maximum Gasteiger partial charge on any atom is 0.289 e. The first-order valence-electron chi connectivity index (χ1n) is 8.93. The number of H-pyrrole nitrogens is 1. The maximum absolute atomic E-state index is 12.2. The van der Waals surface area contributed by atoms with Gasteiger partial charge in [-0.1, -0.05) is 19.1 Å². The fraction of sp³-hybridized carbons (Fsp3) is 0.150. The Kier molecular flexibility index (Phi) is 6.31. The maximum atomic E-state index is 12.2. The van der Waals surface area contributed by atoms with E-state index in [4.69, 9.17) is 4.74 Å². The monoisotopic (exact) mass is 393 g/mol. The first-order chi connectivity index (χ1) is 14.1. The number of nitrogens with one attached hydrogen (secondary N) is 2. The van der Waals surface area contributed by atoms with Gasteiger partial charge in [0.1, 0.15) is 11.4 Å². The van der Waals surface area contributed by atoms with Crippen LogP contribution in [0.15, 0.2) is 59.7 Å². The van der Waals surface area contributed by atoms with Crippen molar-refractivity contribution in [3.8, 4) is 17.0 Å². The average Bonchev–Trinajstić information content (AvgIpc) is 3.23. The number of amides is 1. The van der Waals surface area contributed by atoms with Gasteiger partial charge < -0.3 is 4.74 Å². The molecule has 0 aliphatic carbocycles. The number of ether oxygens (including phenoxy) is 1. The molecule has 2 aromatic carbocycles. The van der Waals surface area contributed by atoms with E-state index in [2.05, 4.69) is 20.7 Å². The lowest BCUT2D eigenvalue weighted by Gasteiger charge is -2.04. The number of nitrogens with zero attached hydrogens (tertiary/aromatic N) is 3. The molecule has 0 unspecified atom stereocenters. The summed E-state index contributed by atoms with van der Waals surface area (Å²) in [7, 11) is 0. The third kappa shape index (κ3) is 5.25. The zero-order valence-corrected chi connectivity index (χ0v) is 15.7. The van der Waals surface area contributed by atoms with E-state index in [0.717, 1.165) is 17.7 Å². The SMILES string of the molecule is CCCOc1ccc(-c2cc(C(=O)NN=Cc3cccc([N+](=O)[O-])c3)[nH]n2)cc1. The standard InChI is InChI=1S/C20H19N5O4/c1-2-10-29-17-8-6-15(7-9-17)18-12-19(23-22-18)20(26)24-21-13-14-4-3-5-16(11-14)25(27)28/h3-9,11-13H,2,10H2,1H3,(H,22,23)(H,24,26). The first-order valence-corrected chi connectivity index (χ1v) is 8.93. The number of hydrazone groups is 1. The summed E-state index contributed by atoms with van der Waals surface area (Å²) in [6, 6.07) is 15.0. The minimum absolute atomic E-state index is 0.0513. The number of hydrogen-bond donors (Lipinski definition) is 2. The van der Waals surface area contributed by atoms with Gasteiger partial charge >= 0.3 is 0 Å². The fourth-order valence-electron chi connectivity index (χ4n) is 2.47. The van der Waals surface area contributed by atoms with E-state index in [0.29, 0.717) is 17.9 Å². The molecule has 0 radical (unpaired) electrons. The minimum Gasteiger partial charge on any atom is -0.494 e. The summed E-state index contributed by atoms with van der Waals surface area (Å²) in [5.74, 6) is 0.299. The van der Waals surface area contributed by atoms with E-state index in [-0.39, 0.29) is 11.4 Å². The highest BCUT2D eigenvalue weighted by Gasteiger charge is 2.11. The molecule has 3 aromatic rings. The lowest BCUT2D eigenvalue weighted by atomic mass is 10.1. The number of hydrogen-bond acceptors (Lipinski definition) is 6. The second-order valence-electron chi connectivity index (χ2n) is 6.09. The Balaban J connectivity index is 1.62. The Morgan fingerprint density at radius 3 is 2.79 bits per heavy atom. The van der Waals surface area contributed by atoms with Gasteiger partial charge in [-0.15, -0.1) is 0 Å². The van der Waals surface area contributed by atoms with Gasteiger partial charge in [0.25, 0.3) is 11.6 Å². The number of benzene rings is 2. The minimum atomic E-state index is -0.496. The van der Waals surface area contributed by atoms with Gasteiger partial charge in [-0.2, -0.15) is 10.2 Å². The van der Waals surface area contributed by atoms with Gasteiger partial charge in [0, 0.05) is 23.3 Å². The molecular weight excluding hydrogens is 374 g/mol. The summed E-state index contributed by atoms with van der Waals surface area (Å²) in [5.41, 5.74) is 4.49. The van der Waals surface area contributed by atoms with E-state index < -0.39 is 10.8 Å². The van der Waals surface area contributed by atoms with Crippen molar-refractivity contribution in [3.05, 3.63) is 76.0 Å². The van der Waals surface area contributed by atoms with Crippen LogP contribution in [0.1, 0.15) is 29.4 Å². The normalized spacial score (nSPS) is 10.8. The van der Waals surface area contributed by atoms with Crippen LogP contribution < -0.4 is 10.2 Å². The number of nitro groups is 1. The predicted octanol–water partition coefficient (Wildman–Crippen LogP) is 3.54. The molecule has 1 heterocycles. The largest absolute Gasteiger partial charge is 0.494 e. The summed E-state index contributed by atoms with van der Waals surface area (Å²) in [6.45, 7) is 2.70. The lowest BCUT2D eigenvalue weighted by molar-refractivity contribution is -0.384. The third-order valence-electron chi connectivity index (χ3n) is 3.91. The number of non-ortho nitro benzene ring substituents is 1. The van der Waals surface area contributed by atoms with Crippen molar-refractivity contribution in [1.82, 2.24) is 15.6 Å². The molecule has 148 valence electrons. The van der Waals surface area contributed by atoms with Crippen molar-refractivity contribution in [2.45, 2.75) is 13.3 Å². The number of aromatic nitrogens is 2. The van der Waals surface area contributed by atoms with E-state index in [1.54, 1.807) is 18.2 Å². The van der Waals surface area contributed by atoms with Gasteiger partial charge in [0.05, 0.1) is 23.4 Å². The average molecular weight is 393 g/mol. The Hall–Kier alpha value is -4.01. The fourth-order valence-corrected chi connectivity index (χ4v) is 2.47. The summed E-state index contributed by atoms with van der Waals surface area (Å²) in [6.07, 6.45) is 2.26. The Morgan fingerprint density at radius 2 is 2.07 bits per heavy atom. The van der Waals surface area contributed by atoms with Crippen LogP contribution in [-0.2, 0) is 0 Å². The second-order valence-corrected chi connectivity index (χ2v) is 6.09. The lowest BCUT2D eigenvalue weighted by Crippen LogP contribution is -2.18. The number of aromatic amines is 1. The van der Waals surface area contributed by atoms with E-state index in [1.165, 1.54) is 18.3 Å². The van der Waals surface area contributed by atoms with Gasteiger partial charge in [0.2, 0.25) is 0 Å². The first kappa shape index (κ1) is 19.7. The van der Waals surface area contributed by atoms with Crippen molar-refractivity contribution in [2.75, 3.05) is 6.61 Å². The number of carbonyl (C=O) groups excluding carboxylic acids is 1. The summed E-state index contributed by atoms with van der Waals surface area (Å²) >= 11 is 0. The second kappa shape index (κ2) is 9.27. The molecular formula is C20H19N5O4. The topological polar surface area (TPSA) is 123 Å². The number of rotatable bonds is 8. The van der Waals surface area contributed by atoms with Crippen LogP contribution in [0, 0.1) is 10.1 Å². The van der Waals surface area contributed by atoms with E-state index in [1.807, 2.05) is 31.2 Å². The molecule has 0 aliphatic heterocycles. The Bertz CT molecular complexity index is 1030. The van der Waals surface area contributed by atoms with Crippen LogP contribution in [0.4, 0.5) is 5.69 Å². The van der Waals surface area contributed by atoms with Gasteiger partial charge in [-0.3, -0.25) is 20.0 Å². The van der Waals surface area contributed by atoms with Gasteiger partial charge in [-0.05, 0) is 36.8 Å². The van der Waals surface area contributed by atoms with Crippen molar-refractivity contribution in [2.24, 2.45) is 5.10 Å². The molecule has 3 rings (SSSR count). The van der Waals surface area contributed by atoms with Gasteiger partial charge in [0.15, 0.2) is 0 Å². The third-order valence-corrected chi connectivity index (χ3v) is 3.91. The molecule has 1 aromatic heterocycles. The highest BCUT2D eigenvalue weighted by molar-refractivity contribution is 5.94. The van der Waals surface area contributed by atoms with Crippen molar-refractivity contribution < 1.29 is 14.5 Å². The molecule has 9 heteroatoms. The van der Waals surface area contributed by atoms with E-state index >= 15 is 0 Å². The molecule has 0 saturated carbocycles. The van der Waals surface area contributed by atoms with Crippen molar-refractivity contribution in [3.63, 3.8) is 0 Å². The van der Waals surface area contributed by atoms with Gasteiger partial charge in [-0.25, -0.2) is 5.43 Å². The Morgan fingerprint density at radius 1 is 1.28 bits per heavy atom. The molecule has 0 atom stereocenters. The molecule has 0 fully saturated rings.